The van der Waals surface area contributed by atoms with Gasteiger partial charge in [0.25, 0.3) is 10.1 Å². The Morgan fingerprint density at radius 3 is 1.16 bits per heavy atom. The van der Waals surface area contributed by atoms with E-state index in [-0.39, 0.29) is 5.91 Å². The molecule has 1 amide bonds. The number of hydrogen-bond donors (Lipinski definition) is 3. The highest BCUT2D eigenvalue weighted by Gasteiger charge is 2.24. The van der Waals surface area contributed by atoms with Gasteiger partial charge in [-0.25, -0.2) is 0 Å². The van der Waals surface area contributed by atoms with Crippen LogP contribution in [0.3, 0.4) is 0 Å². The predicted molar refractivity (Wildman–Crippen MR) is 212 cm³/mol. The third-order valence-electron chi connectivity index (χ3n) is 9.96. The Labute approximate surface area is 305 Å². The summed E-state index contributed by atoms with van der Waals surface area (Å²) in [5, 5.41) is 13.2. The monoisotopic (exact) mass is 714 g/mol. The first kappa shape index (κ1) is 48.1. The maximum atomic E-state index is 12.5. The van der Waals surface area contributed by atoms with Crippen LogP contribution < -0.4 is 5.32 Å². The minimum Gasteiger partial charge on any atom is -0.387 e. The summed E-state index contributed by atoms with van der Waals surface area (Å²) in [5.74, 6) is -0.967. The molecule has 7 heteroatoms. The Morgan fingerprint density at radius 1 is 0.531 bits per heavy atom. The molecule has 0 aliphatic rings. The van der Waals surface area contributed by atoms with Crippen molar-refractivity contribution < 1.29 is 22.9 Å². The number of hydrogen-bond acceptors (Lipinski definition) is 4. The van der Waals surface area contributed by atoms with E-state index in [1.807, 2.05) is 6.08 Å². The number of allylic oxidation sites excluding steroid dienone is 1. The van der Waals surface area contributed by atoms with Crippen LogP contribution in [0.1, 0.15) is 232 Å². The van der Waals surface area contributed by atoms with E-state index >= 15 is 0 Å². The van der Waals surface area contributed by atoms with Crippen LogP contribution in [0.15, 0.2) is 12.2 Å². The first-order chi connectivity index (χ1) is 23.8. The number of carbonyl (C=O) groups excluding carboxylic acids is 1. The van der Waals surface area contributed by atoms with E-state index in [1.165, 1.54) is 173 Å². The van der Waals surface area contributed by atoms with Crippen LogP contribution >= 0.6 is 0 Å². The van der Waals surface area contributed by atoms with Gasteiger partial charge in [0, 0.05) is 6.42 Å². The predicted octanol–water partition coefficient (Wildman–Crippen LogP) is 12.6. The molecule has 2 atom stereocenters. The van der Waals surface area contributed by atoms with Crippen LogP contribution in [-0.4, -0.2) is 41.9 Å². The highest BCUT2D eigenvalue weighted by Crippen LogP contribution is 2.16. The maximum absolute atomic E-state index is 12.5. The largest absolute Gasteiger partial charge is 0.387 e. The van der Waals surface area contributed by atoms with Gasteiger partial charge < -0.3 is 10.4 Å². The van der Waals surface area contributed by atoms with Crippen molar-refractivity contribution in [3.63, 3.8) is 0 Å². The summed E-state index contributed by atoms with van der Waals surface area (Å²) in [6.07, 6.45) is 45.0. The Balaban J connectivity index is 3.75. The second-order valence-electron chi connectivity index (χ2n) is 15.0. The lowest BCUT2D eigenvalue weighted by Gasteiger charge is -2.21. The standard InChI is InChI=1S/C42H83NO5S/c1-3-5-7-9-11-13-15-16-17-18-19-20-21-22-23-24-25-26-28-30-32-34-36-38-42(45)43-40(39-49(46,47)48)41(44)37-35-33-31-29-27-14-12-10-8-6-4-2/h35,37,40-41,44H,3-34,36,38-39H2,1-2H3,(H,43,45)(H,46,47,48)/b37-35+. The molecule has 0 aliphatic carbocycles. The fourth-order valence-corrected chi connectivity index (χ4v) is 7.48. The van der Waals surface area contributed by atoms with Crippen molar-refractivity contribution in [2.75, 3.05) is 5.75 Å². The number of amides is 1. The molecule has 49 heavy (non-hydrogen) atoms. The third kappa shape index (κ3) is 38.1. The molecule has 2 unspecified atom stereocenters. The average molecular weight is 714 g/mol. The lowest BCUT2D eigenvalue weighted by molar-refractivity contribution is -0.122. The fourth-order valence-electron chi connectivity index (χ4n) is 6.75. The normalized spacial score (nSPS) is 13.3. The smallest absolute Gasteiger partial charge is 0.267 e. The molecule has 0 aromatic carbocycles. The van der Waals surface area contributed by atoms with Crippen molar-refractivity contribution >= 4 is 16.0 Å². The van der Waals surface area contributed by atoms with E-state index in [1.54, 1.807) is 6.08 Å². The van der Waals surface area contributed by atoms with Gasteiger partial charge in [0.2, 0.25) is 5.91 Å². The lowest BCUT2D eigenvalue weighted by atomic mass is 10.0. The van der Waals surface area contributed by atoms with Crippen LogP contribution in [0, 0.1) is 0 Å². The third-order valence-corrected chi connectivity index (χ3v) is 10.7. The molecular formula is C42H83NO5S. The molecule has 0 saturated carbocycles. The molecule has 0 aromatic rings. The lowest BCUT2D eigenvalue weighted by Crippen LogP contribution is -2.46. The molecule has 0 heterocycles. The minimum absolute atomic E-state index is 0.275. The molecule has 0 aromatic heterocycles. The second kappa shape index (κ2) is 36.9. The molecule has 0 saturated heterocycles. The van der Waals surface area contributed by atoms with E-state index in [4.69, 9.17) is 0 Å². The van der Waals surface area contributed by atoms with Crippen molar-refractivity contribution in [1.82, 2.24) is 5.32 Å². The van der Waals surface area contributed by atoms with Gasteiger partial charge in [0.1, 0.15) is 0 Å². The van der Waals surface area contributed by atoms with Gasteiger partial charge >= 0.3 is 0 Å². The molecule has 0 bridgehead atoms. The number of nitrogens with one attached hydrogen (secondary N) is 1. The van der Waals surface area contributed by atoms with Crippen molar-refractivity contribution in [1.29, 1.82) is 0 Å². The first-order valence-corrected chi connectivity index (χ1v) is 23.0. The van der Waals surface area contributed by atoms with Gasteiger partial charge in [-0.3, -0.25) is 9.35 Å². The summed E-state index contributed by atoms with van der Waals surface area (Å²) >= 11 is 0. The molecular weight excluding hydrogens is 631 g/mol. The zero-order chi connectivity index (χ0) is 36.1. The molecule has 0 spiro atoms. The van der Waals surface area contributed by atoms with E-state index < -0.39 is 28.0 Å². The Hall–Kier alpha value is -0.920. The zero-order valence-electron chi connectivity index (χ0n) is 32.6. The van der Waals surface area contributed by atoms with E-state index in [0.29, 0.717) is 6.42 Å². The maximum Gasteiger partial charge on any atom is 0.267 e. The van der Waals surface area contributed by atoms with Crippen LogP contribution in [0.25, 0.3) is 0 Å². The zero-order valence-corrected chi connectivity index (χ0v) is 33.4. The van der Waals surface area contributed by atoms with Crippen molar-refractivity contribution in [3.05, 3.63) is 12.2 Å². The van der Waals surface area contributed by atoms with Gasteiger partial charge in [0.15, 0.2) is 0 Å². The number of carbonyl (C=O) groups is 1. The molecule has 0 aliphatic heterocycles. The minimum atomic E-state index is -4.33. The van der Waals surface area contributed by atoms with Crippen molar-refractivity contribution in [2.45, 2.75) is 244 Å². The quantitative estimate of drug-likeness (QED) is 0.0334. The second-order valence-corrected chi connectivity index (χ2v) is 16.5. The summed E-state index contributed by atoms with van der Waals surface area (Å²) in [6, 6.07) is -1.05. The van der Waals surface area contributed by atoms with Crippen LogP contribution in [-0.2, 0) is 14.9 Å². The number of rotatable bonds is 39. The molecule has 0 radical (unpaired) electrons. The summed E-state index contributed by atoms with van der Waals surface area (Å²) in [6.45, 7) is 4.51. The highest BCUT2D eigenvalue weighted by molar-refractivity contribution is 7.85. The van der Waals surface area contributed by atoms with E-state index in [9.17, 15) is 22.9 Å². The Kier molecular flexibility index (Phi) is 36.2. The number of aliphatic hydroxyl groups is 1. The summed E-state index contributed by atoms with van der Waals surface area (Å²) in [7, 11) is -4.33. The van der Waals surface area contributed by atoms with E-state index in [0.717, 1.165) is 38.5 Å². The van der Waals surface area contributed by atoms with Crippen LogP contribution in [0.4, 0.5) is 0 Å². The summed E-state index contributed by atoms with van der Waals surface area (Å²) in [5.41, 5.74) is 0. The molecule has 292 valence electrons. The van der Waals surface area contributed by atoms with Gasteiger partial charge in [-0.15, -0.1) is 0 Å². The van der Waals surface area contributed by atoms with Gasteiger partial charge in [-0.05, 0) is 19.3 Å². The van der Waals surface area contributed by atoms with Gasteiger partial charge in [-0.2, -0.15) is 8.42 Å². The summed E-state index contributed by atoms with van der Waals surface area (Å²) in [4.78, 5) is 12.5. The number of aliphatic hydroxyl groups excluding tert-OH is 1. The van der Waals surface area contributed by atoms with Crippen LogP contribution in [0.2, 0.25) is 0 Å². The van der Waals surface area contributed by atoms with Crippen molar-refractivity contribution in [3.8, 4) is 0 Å². The fraction of sp³-hybridized carbons (Fsp3) is 0.929. The summed E-state index contributed by atoms with van der Waals surface area (Å²) < 4.78 is 32.4. The highest BCUT2D eigenvalue weighted by atomic mass is 32.2. The van der Waals surface area contributed by atoms with Gasteiger partial charge in [0.05, 0.1) is 17.9 Å². The number of unbranched alkanes of at least 4 members (excludes halogenated alkanes) is 31. The molecule has 0 fully saturated rings. The topological polar surface area (TPSA) is 104 Å². The Morgan fingerprint density at radius 2 is 0.837 bits per heavy atom. The Bertz CT molecular complexity index is 831. The molecule has 0 rings (SSSR count). The van der Waals surface area contributed by atoms with Crippen molar-refractivity contribution in [2.24, 2.45) is 0 Å². The molecule has 3 N–H and O–H groups in total. The van der Waals surface area contributed by atoms with Gasteiger partial charge in [-0.1, -0.05) is 219 Å². The molecule has 6 nitrogen and oxygen atoms in total. The van der Waals surface area contributed by atoms with Crippen LogP contribution in [0.5, 0.6) is 0 Å². The van der Waals surface area contributed by atoms with E-state index in [2.05, 4.69) is 19.2 Å². The SMILES string of the molecule is CCCCCCCCCCC/C=C/C(O)C(CS(=O)(=O)O)NC(=O)CCCCCCCCCCCCCCCCCCCCCCCCC. The average Bonchev–Trinajstić information content (AvgIpc) is 3.06. The first-order valence-electron chi connectivity index (χ1n) is 21.4.